The fraction of sp³-hybridized carbons (Fsp3) is 0.136. The minimum atomic E-state index is -0.676. The zero-order valence-electron chi connectivity index (χ0n) is 16.3. The largest absolute Gasteiger partial charge is 0.465 e. The van der Waals surface area contributed by atoms with Gasteiger partial charge in [0, 0.05) is 10.6 Å². The van der Waals surface area contributed by atoms with Crippen molar-refractivity contribution >= 4 is 34.9 Å². The minimum absolute atomic E-state index is 0.0410. The van der Waals surface area contributed by atoms with E-state index in [1.165, 1.54) is 37.7 Å². The third-order valence-electron chi connectivity index (χ3n) is 4.09. The molecule has 3 aromatic rings. The van der Waals surface area contributed by atoms with Crippen LogP contribution < -0.4 is 10.1 Å². The Kier molecular flexibility index (Phi) is 6.82. The Hall–Kier alpha value is -3.65. The first-order chi connectivity index (χ1) is 14.5. The van der Waals surface area contributed by atoms with E-state index in [9.17, 15) is 14.4 Å². The molecular weight excluding hydrogens is 406 g/mol. The highest BCUT2D eigenvalue weighted by atomic mass is 32.1. The summed E-state index contributed by atoms with van der Waals surface area (Å²) in [5.74, 6) is -0.591. The maximum Gasteiger partial charge on any atom is 0.338 e. The third-order valence-corrected chi connectivity index (χ3v) is 4.97. The number of carbonyl (C=O) groups is 3. The first kappa shape index (κ1) is 21.1. The maximum atomic E-state index is 12.1. The van der Waals surface area contributed by atoms with Gasteiger partial charge >= 0.3 is 11.9 Å². The van der Waals surface area contributed by atoms with E-state index in [1.54, 1.807) is 30.3 Å². The van der Waals surface area contributed by atoms with Crippen LogP contribution in [0, 0.1) is 0 Å². The molecule has 0 atom stereocenters. The van der Waals surface area contributed by atoms with Gasteiger partial charge in [-0.05, 0) is 53.9 Å². The highest BCUT2D eigenvalue weighted by Gasteiger charge is 2.19. The normalized spacial score (nSPS) is 10.2. The summed E-state index contributed by atoms with van der Waals surface area (Å²) in [6, 6.07) is 15.0. The van der Waals surface area contributed by atoms with Crippen molar-refractivity contribution in [2.45, 2.75) is 6.42 Å². The molecule has 0 radical (unpaired) electrons. The van der Waals surface area contributed by atoms with Crippen molar-refractivity contribution in [1.29, 1.82) is 0 Å². The van der Waals surface area contributed by atoms with Gasteiger partial charge in [-0.25, -0.2) is 9.59 Å². The molecule has 154 valence electrons. The monoisotopic (exact) mass is 425 g/mol. The predicted molar refractivity (Wildman–Crippen MR) is 112 cm³/mol. The minimum Gasteiger partial charge on any atom is -0.465 e. The smallest absolute Gasteiger partial charge is 0.338 e. The van der Waals surface area contributed by atoms with Crippen molar-refractivity contribution in [2.75, 3.05) is 19.5 Å². The standard InChI is InChI=1S/C22H19NO6S/c1-27-21(25)18-10-9-16(12-19(18)22(26)28-2)29-15-7-5-14(6-8-15)23-20(24)13-17-4-3-11-30-17/h3-12H,13H2,1-2H3,(H,23,24). The molecule has 8 heteroatoms. The Morgan fingerprint density at radius 3 is 2.17 bits per heavy atom. The lowest BCUT2D eigenvalue weighted by Gasteiger charge is -2.11. The molecule has 0 saturated carbocycles. The summed E-state index contributed by atoms with van der Waals surface area (Å²) < 4.78 is 15.2. The van der Waals surface area contributed by atoms with Gasteiger partial charge in [-0.15, -0.1) is 11.3 Å². The number of carbonyl (C=O) groups excluding carboxylic acids is 3. The van der Waals surface area contributed by atoms with Crippen LogP contribution in [0.4, 0.5) is 5.69 Å². The van der Waals surface area contributed by atoms with Gasteiger partial charge in [-0.1, -0.05) is 6.07 Å². The second-order valence-corrected chi connectivity index (χ2v) is 7.15. The highest BCUT2D eigenvalue weighted by Crippen LogP contribution is 2.26. The van der Waals surface area contributed by atoms with E-state index < -0.39 is 11.9 Å². The second kappa shape index (κ2) is 9.71. The Balaban J connectivity index is 1.69. The topological polar surface area (TPSA) is 90.9 Å². The molecule has 0 spiro atoms. The van der Waals surface area contributed by atoms with Gasteiger partial charge < -0.3 is 19.5 Å². The average molecular weight is 425 g/mol. The lowest BCUT2D eigenvalue weighted by Crippen LogP contribution is -2.13. The van der Waals surface area contributed by atoms with Crippen molar-refractivity contribution in [3.63, 3.8) is 0 Å². The summed E-state index contributed by atoms with van der Waals surface area (Å²) in [5.41, 5.74) is 0.764. The molecule has 0 saturated heterocycles. The van der Waals surface area contributed by atoms with E-state index in [1.807, 2.05) is 17.5 Å². The lowest BCUT2D eigenvalue weighted by molar-refractivity contribution is -0.115. The Labute approximate surface area is 177 Å². The summed E-state index contributed by atoms with van der Waals surface area (Å²) in [5, 5.41) is 4.76. The maximum absolute atomic E-state index is 12.1. The molecule has 1 N–H and O–H groups in total. The third kappa shape index (κ3) is 5.24. The van der Waals surface area contributed by atoms with Crippen LogP contribution in [0.25, 0.3) is 0 Å². The van der Waals surface area contributed by atoms with Crippen molar-refractivity contribution in [3.05, 3.63) is 76.0 Å². The van der Waals surface area contributed by atoms with Gasteiger partial charge in [0.1, 0.15) is 11.5 Å². The first-order valence-electron chi connectivity index (χ1n) is 8.91. The second-order valence-electron chi connectivity index (χ2n) is 6.12. The number of anilines is 1. The Morgan fingerprint density at radius 2 is 1.53 bits per heavy atom. The van der Waals surface area contributed by atoms with Crippen LogP contribution in [0.3, 0.4) is 0 Å². The van der Waals surface area contributed by atoms with Crippen LogP contribution in [0.1, 0.15) is 25.6 Å². The molecule has 30 heavy (non-hydrogen) atoms. The molecule has 0 aliphatic heterocycles. The number of ether oxygens (including phenoxy) is 3. The van der Waals surface area contributed by atoms with Crippen LogP contribution in [-0.2, 0) is 20.7 Å². The highest BCUT2D eigenvalue weighted by molar-refractivity contribution is 7.10. The molecule has 3 rings (SSSR count). The van der Waals surface area contributed by atoms with Crippen LogP contribution in [0.15, 0.2) is 60.0 Å². The molecule has 0 fully saturated rings. The molecule has 0 bridgehead atoms. The van der Waals surface area contributed by atoms with Crippen molar-refractivity contribution in [3.8, 4) is 11.5 Å². The molecule has 2 aromatic carbocycles. The van der Waals surface area contributed by atoms with Crippen LogP contribution in [0.2, 0.25) is 0 Å². The summed E-state index contributed by atoms with van der Waals surface area (Å²) >= 11 is 1.53. The van der Waals surface area contributed by atoms with Crippen LogP contribution in [-0.4, -0.2) is 32.1 Å². The quantitative estimate of drug-likeness (QED) is 0.568. The molecule has 7 nitrogen and oxygen atoms in total. The lowest BCUT2D eigenvalue weighted by atomic mass is 10.1. The zero-order chi connectivity index (χ0) is 21.5. The van der Waals surface area contributed by atoms with Gasteiger partial charge in [0.2, 0.25) is 5.91 Å². The van der Waals surface area contributed by atoms with Crippen LogP contribution >= 0.6 is 11.3 Å². The predicted octanol–water partition coefficient (Wildman–Crippen LogP) is 4.29. The number of methoxy groups -OCH3 is 2. The van der Waals surface area contributed by atoms with Gasteiger partial charge in [0.25, 0.3) is 0 Å². The van der Waals surface area contributed by atoms with Gasteiger partial charge in [0.15, 0.2) is 0 Å². The number of benzene rings is 2. The van der Waals surface area contributed by atoms with E-state index in [2.05, 4.69) is 10.1 Å². The molecule has 0 aliphatic carbocycles. The fourth-order valence-electron chi connectivity index (χ4n) is 2.67. The van der Waals surface area contributed by atoms with Gasteiger partial charge in [-0.3, -0.25) is 4.79 Å². The number of esters is 2. The Morgan fingerprint density at radius 1 is 0.867 bits per heavy atom. The molecular formula is C22H19NO6S. The Bertz CT molecular complexity index is 1040. The summed E-state index contributed by atoms with van der Waals surface area (Å²) in [4.78, 5) is 36.9. The van der Waals surface area contributed by atoms with Crippen LogP contribution in [0.5, 0.6) is 11.5 Å². The number of rotatable bonds is 7. The number of hydrogen-bond donors (Lipinski definition) is 1. The number of amides is 1. The summed E-state index contributed by atoms with van der Waals surface area (Å²) in [6.07, 6.45) is 0.318. The number of nitrogens with one attached hydrogen (secondary N) is 1. The SMILES string of the molecule is COC(=O)c1ccc(Oc2ccc(NC(=O)Cc3cccs3)cc2)cc1C(=O)OC. The zero-order valence-corrected chi connectivity index (χ0v) is 17.2. The number of hydrogen-bond acceptors (Lipinski definition) is 7. The van der Waals surface area contributed by atoms with E-state index in [0.29, 0.717) is 23.6 Å². The number of thiophene rings is 1. The first-order valence-corrected chi connectivity index (χ1v) is 9.79. The molecule has 1 amide bonds. The van der Waals surface area contributed by atoms with Crippen molar-refractivity contribution < 1.29 is 28.6 Å². The van der Waals surface area contributed by atoms with E-state index in [0.717, 1.165) is 4.88 Å². The summed E-state index contributed by atoms with van der Waals surface area (Å²) in [6.45, 7) is 0. The van der Waals surface area contributed by atoms with Crippen molar-refractivity contribution in [1.82, 2.24) is 0 Å². The van der Waals surface area contributed by atoms with E-state index in [-0.39, 0.29) is 17.0 Å². The van der Waals surface area contributed by atoms with E-state index in [4.69, 9.17) is 9.47 Å². The molecule has 1 aromatic heterocycles. The summed E-state index contributed by atoms with van der Waals surface area (Å²) in [7, 11) is 2.46. The fourth-order valence-corrected chi connectivity index (χ4v) is 3.38. The van der Waals surface area contributed by atoms with Crippen molar-refractivity contribution in [2.24, 2.45) is 0 Å². The van der Waals surface area contributed by atoms with Gasteiger partial charge in [0.05, 0.1) is 31.8 Å². The van der Waals surface area contributed by atoms with E-state index >= 15 is 0 Å². The molecule has 0 unspecified atom stereocenters. The molecule has 1 heterocycles. The van der Waals surface area contributed by atoms with Gasteiger partial charge in [-0.2, -0.15) is 0 Å². The molecule has 0 aliphatic rings. The average Bonchev–Trinajstić information content (AvgIpc) is 3.26.